The Balaban J connectivity index is 1.31. The third kappa shape index (κ3) is 5.10. The van der Waals surface area contributed by atoms with Crippen molar-refractivity contribution in [3.05, 3.63) is 76.4 Å². The van der Waals surface area contributed by atoms with Crippen molar-refractivity contribution >= 4 is 44.2 Å². The van der Waals surface area contributed by atoms with Crippen LogP contribution in [0.1, 0.15) is 36.5 Å². The Morgan fingerprint density at radius 3 is 2.65 bits per heavy atom. The molecule has 12 heteroatoms. The molecule has 2 aliphatic rings. The summed E-state index contributed by atoms with van der Waals surface area (Å²) < 4.78 is 59.6. The SMILES string of the molecule is O=S(=O)(Nc1ccc(F)c(-c2ccc3nc(NC4CCNCC4)ncc3c2)c1F)c1cc(Cl)cc2c1CC[C@H]2O. The molecule has 1 aliphatic carbocycles. The molecule has 1 aliphatic heterocycles. The Labute approximate surface area is 234 Å². The number of aliphatic hydroxyl groups excluding tert-OH is 1. The van der Waals surface area contributed by atoms with Gasteiger partial charge in [-0.1, -0.05) is 17.7 Å². The molecule has 0 radical (unpaired) electrons. The van der Waals surface area contributed by atoms with Crippen LogP contribution in [-0.4, -0.2) is 42.6 Å². The predicted molar refractivity (Wildman–Crippen MR) is 150 cm³/mol. The number of piperidine rings is 1. The van der Waals surface area contributed by atoms with Crippen LogP contribution in [0.3, 0.4) is 0 Å². The Bertz CT molecular complexity index is 1730. The van der Waals surface area contributed by atoms with Crippen LogP contribution >= 0.6 is 11.6 Å². The van der Waals surface area contributed by atoms with Crippen molar-refractivity contribution in [3.8, 4) is 11.1 Å². The third-order valence-corrected chi connectivity index (χ3v) is 9.05. The number of nitrogens with zero attached hydrogens (tertiary/aromatic N) is 2. The summed E-state index contributed by atoms with van der Waals surface area (Å²) in [5.41, 5.74) is 0.867. The molecular weight excluding hydrogens is 560 g/mol. The van der Waals surface area contributed by atoms with Gasteiger partial charge >= 0.3 is 0 Å². The zero-order chi connectivity index (χ0) is 28.0. The smallest absolute Gasteiger partial charge is 0.262 e. The standard InChI is InChI=1S/C28H26ClF2N5O3S/c29-17-12-20-19(2-6-24(20)37)25(13-17)40(38,39)36-23-5-3-21(30)26(27(23)31)15-1-4-22-16(11-15)14-33-28(35-22)34-18-7-9-32-10-8-18/h1,3-5,11-14,18,24,32,36-37H,2,6-10H2,(H,33,34,35)/t24-/m1/s1. The molecule has 0 saturated carbocycles. The molecule has 4 aromatic rings. The first-order chi connectivity index (χ1) is 19.2. The van der Waals surface area contributed by atoms with E-state index in [2.05, 4.69) is 25.3 Å². The van der Waals surface area contributed by atoms with Crippen molar-refractivity contribution in [2.45, 2.75) is 42.7 Å². The second kappa shape index (κ2) is 10.5. The molecule has 208 valence electrons. The van der Waals surface area contributed by atoms with Crippen LogP contribution < -0.4 is 15.4 Å². The highest BCUT2D eigenvalue weighted by molar-refractivity contribution is 7.92. The molecule has 0 bridgehead atoms. The lowest BCUT2D eigenvalue weighted by Gasteiger charge is -2.23. The number of nitrogens with one attached hydrogen (secondary N) is 3. The summed E-state index contributed by atoms with van der Waals surface area (Å²) in [5.74, 6) is -1.43. The highest BCUT2D eigenvalue weighted by atomic mass is 35.5. The summed E-state index contributed by atoms with van der Waals surface area (Å²) in [5, 5.41) is 17.5. The van der Waals surface area contributed by atoms with Gasteiger partial charge in [-0.15, -0.1) is 0 Å². The average molecular weight is 586 g/mol. The molecule has 0 unspecified atom stereocenters. The number of aliphatic hydroxyl groups is 1. The van der Waals surface area contributed by atoms with Gasteiger partial charge in [-0.25, -0.2) is 27.2 Å². The van der Waals surface area contributed by atoms with E-state index < -0.39 is 33.4 Å². The van der Waals surface area contributed by atoms with E-state index in [9.17, 15) is 17.9 Å². The summed E-state index contributed by atoms with van der Waals surface area (Å²) in [6, 6.07) is 9.86. The molecule has 1 fully saturated rings. The van der Waals surface area contributed by atoms with Crippen LogP contribution in [0.25, 0.3) is 22.0 Å². The van der Waals surface area contributed by atoms with Crippen LogP contribution in [0.5, 0.6) is 0 Å². The van der Waals surface area contributed by atoms with Crippen LogP contribution in [0.4, 0.5) is 20.4 Å². The fourth-order valence-corrected chi connectivity index (χ4v) is 7.05. The predicted octanol–water partition coefficient (Wildman–Crippen LogP) is 5.17. The van der Waals surface area contributed by atoms with Crippen molar-refractivity contribution in [2.75, 3.05) is 23.1 Å². The van der Waals surface area contributed by atoms with Crippen molar-refractivity contribution in [3.63, 3.8) is 0 Å². The summed E-state index contributed by atoms with van der Waals surface area (Å²) in [6.07, 6.45) is 3.36. The van der Waals surface area contributed by atoms with E-state index >= 15 is 4.39 Å². The average Bonchev–Trinajstić information content (AvgIpc) is 3.30. The lowest BCUT2D eigenvalue weighted by atomic mass is 10.0. The molecule has 40 heavy (non-hydrogen) atoms. The van der Waals surface area contributed by atoms with Crippen molar-refractivity contribution < 1.29 is 22.3 Å². The van der Waals surface area contributed by atoms with Gasteiger partial charge in [0.25, 0.3) is 10.0 Å². The largest absolute Gasteiger partial charge is 0.388 e. The summed E-state index contributed by atoms with van der Waals surface area (Å²) in [7, 11) is -4.31. The first-order valence-electron chi connectivity index (χ1n) is 13.0. The minimum absolute atomic E-state index is 0.132. The lowest BCUT2D eigenvalue weighted by molar-refractivity contribution is 0.180. The molecule has 0 spiro atoms. The van der Waals surface area contributed by atoms with E-state index in [4.69, 9.17) is 11.6 Å². The van der Waals surface area contributed by atoms with Gasteiger partial charge < -0.3 is 15.7 Å². The number of fused-ring (bicyclic) bond motifs is 2. The Morgan fingerprint density at radius 1 is 1.05 bits per heavy atom. The third-order valence-electron chi connectivity index (χ3n) is 7.40. The number of aromatic nitrogens is 2. The maximum absolute atomic E-state index is 15.7. The zero-order valence-corrected chi connectivity index (χ0v) is 22.8. The zero-order valence-electron chi connectivity index (χ0n) is 21.2. The number of anilines is 2. The van der Waals surface area contributed by atoms with Gasteiger partial charge in [0.05, 0.1) is 27.8 Å². The van der Waals surface area contributed by atoms with E-state index in [-0.39, 0.29) is 27.1 Å². The number of hydrogen-bond donors (Lipinski definition) is 4. The van der Waals surface area contributed by atoms with E-state index in [0.717, 1.165) is 38.1 Å². The minimum atomic E-state index is -4.31. The number of hydrogen-bond acceptors (Lipinski definition) is 7. The molecule has 4 N–H and O–H groups in total. The molecule has 1 saturated heterocycles. The number of halogens is 3. The fraction of sp³-hybridized carbons (Fsp3) is 0.286. The fourth-order valence-electron chi connectivity index (χ4n) is 5.38. The normalized spacial score (nSPS) is 17.6. The number of benzene rings is 3. The van der Waals surface area contributed by atoms with Gasteiger partial charge in [0.2, 0.25) is 5.95 Å². The molecular formula is C28H26ClF2N5O3S. The molecule has 3 aromatic carbocycles. The van der Waals surface area contributed by atoms with Gasteiger partial charge in [0, 0.05) is 22.6 Å². The summed E-state index contributed by atoms with van der Waals surface area (Å²) in [4.78, 5) is 8.76. The van der Waals surface area contributed by atoms with Crippen LogP contribution in [0.15, 0.2) is 53.6 Å². The Kier molecular flexibility index (Phi) is 7.07. The van der Waals surface area contributed by atoms with Gasteiger partial charge in [0.15, 0.2) is 5.82 Å². The second-order valence-corrected chi connectivity index (χ2v) is 12.1. The molecule has 1 aromatic heterocycles. The quantitative estimate of drug-likeness (QED) is 0.247. The van der Waals surface area contributed by atoms with Gasteiger partial charge in [0.1, 0.15) is 5.82 Å². The minimum Gasteiger partial charge on any atom is -0.388 e. The Hall–Kier alpha value is -3.38. The molecule has 0 amide bonds. The van der Waals surface area contributed by atoms with Crippen LogP contribution in [0, 0.1) is 11.6 Å². The van der Waals surface area contributed by atoms with Crippen LogP contribution in [-0.2, 0) is 16.4 Å². The van der Waals surface area contributed by atoms with Gasteiger partial charge in [-0.05, 0) is 91.9 Å². The Morgan fingerprint density at radius 2 is 1.85 bits per heavy atom. The number of rotatable bonds is 6. The summed E-state index contributed by atoms with van der Waals surface area (Å²) >= 11 is 6.12. The first-order valence-corrected chi connectivity index (χ1v) is 14.8. The molecule has 1 atom stereocenters. The maximum Gasteiger partial charge on any atom is 0.262 e. The van der Waals surface area contributed by atoms with E-state index in [1.807, 2.05) is 0 Å². The van der Waals surface area contributed by atoms with E-state index in [1.165, 1.54) is 18.2 Å². The monoisotopic (exact) mass is 585 g/mol. The lowest BCUT2D eigenvalue weighted by Crippen LogP contribution is -2.35. The second-order valence-electron chi connectivity index (χ2n) is 10.1. The van der Waals surface area contributed by atoms with Crippen molar-refractivity contribution in [1.82, 2.24) is 15.3 Å². The maximum atomic E-state index is 15.7. The summed E-state index contributed by atoms with van der Waals surface area (Å²) in [6.45, 7) is 1.84. The van der Waals surface area contributed by atoms with E-state index in [0.29, 0.717) is 40.8 Å². The molecule has 8 nitrogen and oxygen atoms in total. The van der Waals surface area contributed by atoms with Gasteiger partial charge in [-0.2, -0.15) is 0 Å². The topological polar surface area (TPSA) is 116 Å². The van der Waals surface area contributed by atoms with Gasteiger partial charge in [-0.3, -0.25) is 4.72 Å². The first kappa shape index (κ1) is 26.8. The molecule has 6 rings (SSSR count). The number of sulfonamides is 1. The van der Waals surface area contributed by atoms with Crippen molar-refractivity contribution in [2.24, 2.45) is 0 Å². The molecule has 2 heterocycles. The highest BCUT2D eigenvalue weighted by Gasteiger charge is 2.30. The van der Waals surface area contributed by atoms with Crippen molar-refractivity contribution in [1.29, 1.82) is 0 Å². The van der Waals surface area contributed by atoms with E-state index in [1.54, 1.807) is 18.3 Å². The highest BCUT2D eigenvalue weighted by Crippen LogP contribution is 2.39. The van der Waals surface area contributed by atoms with Crippen LogP contribution in [0.2, 0.25) is 5.02 Å².